The van der Waals surface area contributed by atoms with Gasteiger partial charge in [-0.1, -0.05) is 20.3 Å². The van der Waals surface area contributed by atoms with Gasteiger partial charge in [0.2, 0.25) is 5.91 Å². The predicted octanol–water partition coefficient (Wildman–Crippen LogP) is 1.37. The molecule has 2 saturated heterocycles. The normalized spacial score (nSPS) is 26.6. The van der Waals surface area contributed by atoms with Gasteiger partial charge in [-0.2, -0.15) is 0 Å². The molecule has 0 aromatic rings. The van der Waals surface area contributed by atoms with Crippen LogP contribution in [0.4, 0.5) is 0 Å². The Morgan fingerprint density at radius 2 is 2.00 bits per heavy atom. The molecule has 2 atom stereocenters. The van der Waals surface area contributed by atoms with Gasteiger partial charge in [0.1, 0.15) is 0 Å². The van der Waals surface area contributed by atoms with E-state index in [0.29, 0.717) is 12.0 Å². The highest BCUT2D eigenvalue weighted by molar-refractivity contribution is 5.82. The van der Waals surface area contributed by atoms with E-state index >= 15 is 0 Å². The van der Waals surface area contributed by atoms with Gasteiger partial charge in [-0.15, -0.1) is 0 Å². The Morgan fingerprint density at radius 1 is 1.26 bits per heavy atom. The van der Waals surface area contributed by atoms with E-state index in [1.54, 1.807) is 0 Å². The fourth-order valence-electron chi connectivity index (χ4n) is 3.35. The van der Waals surface area contributed by atoms with Crippen molar-refractivity contribution in [2.45, 2.75) is 58.0 Å². The molecule has 0 radical (unpaired) electrons. The summed E-state index contributed by atoms with van der Waals surface area (Å²) in [7, 11) is 0. The highest BCUT2D eigenvalue weighted by Crippen LogP contribution is 2.17. The molecule has 4 heteroatoms. The number of rotatable bonds is 5. The van der Waals surface area contributed by atoms with E-state index in [-0.39, 0.29) is 11.9 Å². The second-order valence-corrected chi connectivity index (χ2v) is 6.32. The van der Waals surface area contributed by atoms with Crippen LogP contribution in [0.5, 0.6) is 0 Å². The topological polar surface area (TPSA) is 44.4 Å². The molecule has 110 valence electrons. The lowest BCUT2D eigenvalue weighted by atomic mass is 9.98. The second-order valence-electron chi connectivity index (χ2n) is 6.32. The smallest absolute Gasteiger partial charge is 0.237 e. The Morgan fingerprint density at radius 3 is 2.58 bits per heavy atom. The molecule has 2 aliphatic rings. The number of amides is 1. The van der Waals surface area contributed by atoms with Gasteiger partial charge >= 0.3 is 0 Å². The van der Waals surface area contributed by atoms with Gasteiger partial charge in [0.25, 0.3) is 0 Å². The Labute approximate surface area is 117 Å². The number of hydrogen-bond acceptors (Lipinski definition) is 3. The lowest BCUT2D eigenvalue weighted by Gasteiger charge is -2.36. The molecule has 0 saturated carbocycles. The monoisotopic (exact) mass is 267 g/mol. The Hall–Kier alpha value is -0.610. The van der Waals surface area contributed by atoms with E-state index in [1.807, 2.05) is 0 Å². The zero-order valence-corrected chi connectivity index (χ0v) is 12.5. The van der Waals surface area contributed by atoms with E-state index in [1.165, 1.54) is 32.1 Å². The molecule has 2 heterocycles. The molecule has 2 rings (SSSR count). The minimum Gasteiger partial charge on any atom is -0.353 e. The molecule has 2 N–H and O–H groups in total. The molecule has 2 unspecified atom stereocenters. The molecule has 0 aromatic heterocycles. The molecule has 19 heavy (non-hydrogen) atoms. The summed E-state index contributed by atoms with van der Waals surface area (Å²) in [4.78, 5) is 14.8. The highest BCUT2D eigenvalue weighted by Gasteiger charge is 2.30. The third-order valence-electron chi connectivity index (χ3n) is 4.37. The van der Waals surface area contributed by atoms with Crippen molar-refractivity contribution in [1.29, 1.82) is 0 Å². The van der Waals surface area contributed by atoms with Gasteiger partial charge in [-0.25, -0.2) is 0 Å². The molecule has 4 nitrogen and oxygen atoms in total. The number of piperidine rings is 1. The second kappa shape index (κ2) is 7.25. The van der Waals surface area contributed by atoms with E-state index < -0.39 is 0 Å². The summed E-state index contributed by atoms with van der Waals surface area (Å²) in [5.74, 6) is 0.611. The fourth-order valence-corrected chi connectivity index (χ4v) is 3.35. The van der Waals surface area contributed by atoms with Gasteiger partial charge in [0, 0.05) is 12.6 Å². The maximum Gasteiger partial charge on any atom is 0.237 e. The maximum atomic E-state index is 12.5. The average Bonchev–Trinajstić information content (AvgIpc) is 2.90. The Bertz CT molecular complexity index is 281. The van der Waals surface area contributed by atoms with Crippen molar-refractivity contribution in [3.63, 3.8) is 0 Å². The van der Waals surface area contributed by atoms with Gasteiger partial charge < -0.3 is 10.6 Å². The van der Waals surface area contributed by atoms with Crippen LogP contribution in [0.15, 0.2) is 0 Å². The van der Waals surface area contributed by atoms with Crippen LogP contribution in [0.25, 0.3) is 0 Å². The first-order valence-electron chi connectivity index (χ1n) is 7.93. The van der Waals surface area contributed by atoms with Gasteiger partial charge in [0.05, 0.1) is 6.04 Å². The zero-order valence-electron chi connectivity index (χ0n) is 12.5. The van der Waals surface area contributed by atoms with Gasteiger partial charge in [0.15, 0.2) is 0 Å². The van der Waals surface area contributed by atoms with Crippen LogP contribution in [0.2, 0.25) is 0 Å². The van der Waals surface area contributed by atoms with Crippen LogP contribution in [0.1, 0.15) is 46.0 Å². The summed E-state index contributed by atoms with van der Waals surface area (Å²) in [5, 5.41) is 6.59. The molecule has 2 fully saturated rings. The lowest BCUT2D eigenvalue weighted by Crippen LogP contribution is -2.53. The molecular weight excluding hydrogens is 238 g/mol. The predicted molar refractivity (Wildman–Crippen MR) is 78.1 cm³/mol. The maximum absolute atomic E-state index is 12.5. The molecular formula is C15H29N3O. The van der Waals surface area contributed by atoms with Gasteiger partial charge in [-0.3, -0.25) is 9.69 Å². The molecule has 0 bridgehead atoms. The summed E-state index contributed by atoms with van der Waals surface area (Å²) in [6, 6.07) is 0.542. The van der Waals surface area contributed by atoms with Crippen molar-refractivity contribution >= 4 is 5.91 Å². The third-order valence-corrected chi connectivity index (χ3v) is 4.37. The third kappa shape index (κ3) is 4.18. The average molecular weight is 267 g/mol. The van der Waals surface area contributed by atoms with Crippen LogP contribution in [0.3, 0.4) is 0 Å². The summed E-state index contributed by atoms with van der Waals surface area (Å²) in [6.45, 7) is 8.37. The summed E-state index contributed by atoms with van der Waals surface area (Å²) in [5.41, 5.74) is 0. The quantitative estimate of drug-likeness (QED) is 0.790. The lowest BCUT2D eigenvalue weighted by molar-refractivity contribution is -0.128. The molecule has 1 amide bonds. The van der Waals surface area contributed by atoms with E-state index in [9.17, 15) is 4.79 Å². The van der Waals surface area contributed by atoms with E-state index in [2.05, 4.69) is 29.4 Å². The number of nitrogens with one attached hydrogen (secondary N) is 2. The van der Waals surface area contributed by atoms with Crippen molar-refractivity contribution in [1.82, 2.24) is 15.5 Å². The standard InChI is InChI=1S/C15H29N3O/c1-12(2)14(18-9-4-3-5-10-18)15(19)17-11-13-7-6-8-16-13/h12-14,16H,3-11H2,1-2H3,(H,17,19). The van der Waals surface area contributed by atoms with Crippen LogP contribution < -0.4 is 10.6 Å². The first-order valence-corrected chi connectivity index (χ1v) is 7.93. The minimum absolute atomic E-state index is 0.0571. The largest absolute Gasteiger partial charge is 0.353 e. The van der Waals surface area contributed by atoms with Crippen LogP contribution >= 0.6 is 0 Å². The van der Waals surface area contributed by atoms with Crippen molar-refractivity contribution in [3.05, 3.63) is 0 Å². The summed E-state index contributed by atoms with van der Waals surface area (Å²) >= 11 is 0. The fraction of sp³-hybridized carbons (Fsp3) is 0.933. The molecule has 0 aromatic carbocycles. The zero-order chi connectivity index (χ0) is 13.7. The van der Waals surface area contributed by atoms with Crippen LogP contribution in [-0.4, -0.2) is 49.1 Å². The van der Waals surface area contributed by atoms with Crippen molar-refractivity contribution in [3.8, 4) is 0 Å². The molecule has 2 aliphatic heterocycles. The number of likely N-dealkylation sites (tertiary alicyclic amines) is 1. The van der Waals surface area contributed by atoms with Crippen LogP contribution in [-0.2, 0) is 4.79 Å². The number of nitrogens with zero attached hydrogens (tertiary/aromatic N) is 1. The first kappa shape index (κ1) is 14.8. The van der Waals surface area contributed by atoms with E-state index in [4.69, 9.17) is 0 Å². The summed E-state index contributed by atoms with van der Waals surface area (Å²) < 4.78 is 0. The van der Waals surface area contributed by atoms with Crippen molar-refractivity contribution in [2.24, 2.45) is 5.92 Å². The first-order chi connectivity index (χ1) is 9.18. The SMILES string of the molecule is CC(C)C(C(=O)NCC1CCCN1)N1CCCCC1. The van der Waals surface area contributed by atoms with Crippen molar-refractivity contribution in [2.75, 3.05) is 26.2 Å². The number of carbonyl (C=O) groups is 1. The van der Waals surface area contributed by atoms with Gasteiger partial charge in [-0.05, 0) is 51.2 Å². The Kier molecular flexibility index (Phi) is 5.64. The summed E-state index contributed by atoms with van der Waals surface area (Å²) in [6.07, 6.45) is 6.22. The Balaban J connectivity index is 1.84. The van der Waals surface area contributed by atoms with E-state index in [0.717, 1.165) is 26.2 Å². The number of carbonyl (C=O) groups excluding carboxylic acids is 1. The highest BCUT2D eigenvalue weighted by atomic mass is 16.2. The minimum atomic E-state index is 0.0571. The van der Waals surface area contributed by atoms with Crippen molar-refractivity contribution < 1.29 is 4.79 Å². The number of hydrogen-bond donors (Lipinski definition) is 2. The molecule has 0 spiro atoms. The van der Waals surface area contributed by atoms with Crippen LogP contribution in [0, 0.1) is 5.92 Å². The molecule has 0 aliphatic carbocycles.